The van der Waals surface area contributed by atoms with E-state index in [0.29, 0.717) is 81.9 Å². The third-order valence-corrected chi connectivity index (χ3v) is 13.8. The van der Waals surface area contributed by atoms with Gasteiger partial charge in [-0.05, 0) is 106 Å². The lowest BCUT2D eigenvalue weighted by molar-refractivity contribution is -0.144. The van der Waals surface area contributed by atoms with E-state index < -0.39 is 86.4 Å². The number of alkyl halides is 6. The van der Waals surface area contributed by atoms with Gasteiger partial charge in [0.1, 0.15) is 35.4 Å². The van der Waals surface area contributed by atoms with Crippen LogP contribution in [0.5, 0.6) is 5.88 Å². The molecule has 0 aliphatic carbocycles. The Morgan fingerprint density at radius 2 is 1.63 bits per heavy atom. The van der Waals surface area contributed by atoms with E-state index in [2.05, 4.69) is 20.6 Å². The summed E-state index contributed by atoms with van der Waals surface area (Å²) in [7, 11) is 0. The molecule has 24 heteroatoms. The number of carbonyl (C=O) groups is 4. The van der Waals surface area contributed by atoms with Crippen LogP contribution in [0, 0.1) is 29.5 Å². The maximum Gasteiger partial charge on any atom is 0.421 e. The Labute approximate surface area is 438 Å². The topological polar surface area (TPSA) is 179 Å². The minimum absolute atomic E-state index is 0.162. The maximum atomic E-state index is 15.4. The quantitative estimate of drug-likeness (QED) is 0.0460. The SMILES string of the molecule is Cc1ncsc1-c1ccc(CNC(=O)[C@@H]2CCCN2C(=O)[C@@H](NC(=O)COCCCOCCCCCOc2ncc(N3C(=S)N(c4ccc(C#N)c(C(F)(F)F)c4F)C(=O)C3(C)C)cc2C(F)(F)F)C(C)(C)C)cc1. The van der Waals surface area contributed by atoms with E-state index in [1.54, 1.807) is 21.7 Å². The highest BCUT2D eigenvalue weighted by Crippen LogP contribution is 2.44. The highest BCUT2D eigenvalue weighted by atomic mass is 32.1. The fraction of sp³-hybridized carbons (Fsp3) is 0.490. The first-order valence-electron chi connectivity index (χ1n) is 24.0. The van der Waals surface area contributed by atoms with Crippen molar-refractivity contribution in [1.29, 1.82) is 5.26 Å². The van der Waals surface area contributed by atoms with Gasteiger partial charge < -0.3 is 34.6 Å². The molecule has 15 nitrogen and oxygen atoms in total. The van der Waals surface area contributed by atoms with Crippen molar-refractivity contribution in [3.63, 3.8) is 0 Å². The van der Waals surface area contributed by atoms with E-state index in [1.807, 2.05) is 52.0 Å². The predicted octanol–water partition coefficient (Wildman–Crippen LogP) is 9.29. The zero-order chi connectivity index (χ0) is 55.0. The number of unbranched alkanes of at least 4 members (excludes halogenated alkanes) is 2. The molecule has 0 saturated carbocycles. The number of nitrogens with zero attached hydrogens (tertiary/aromatic N) is 6. The van der Waals surface area contributed by atoms with Crippen LogP contribution in [-0.2, 0) is 47.5 Å². The van der Waals surface area contributed by atoms with E-state index in [9.17, 15) is 45.5 Å². The van der Waals surface area contributed by atoms with Crippen LogP contribution >= 0.6 is 23.6 Å². The molecule has 2 aromatic heterocycles. The number of rotatable bonds is 21. The summed E-state index contributed by atoms with van der Waals surface area (Å²) >= 11 is 6.91. The molecule has 2 aliphatic heterocycles. The van der Waals surface area contributed by atoms with E-state index in [1.165, 1.54) is 19.9 Å². The summed E-state index contributed by atoms with van der Waals surface area (Å²) in [6.07, 6.45) is -6.46. The van der Waals surface area contributed by atoms with E-state index in [-0.39, 0.29) is 37.3 Å². The van der Waals surface area contributed by atoms with Gasteiger partial charge >= 0.3 is 12.4 Å². The van der Waals surface area contributed by atoms with Gasteiger partial charge in [0, 0.05) is 32.9 Å². The number of benzene rings is 2. The largest absolute Gasteiger partial charge is 0.477 e. The van der Waals surface area contributed by atoms with Crippen LogP contribution in [0.2, 0.25) is 0 Å². The molecule has 6 rings (SSSR count). The number of hydrogen-bond donors (Lipinski definition) is 2. The zero-order valence-corrected chi connectivity index (χ0v) is 43.7. The molecule has 0 radical (unpaired) electrons. The number of thiocarbonyl (C=S) groups is 1. The molecule has 4 heterocycles. The van der Waals surface area contributed by atoms with Crippen molar-refractivity contribution >= 4 is 63.7 Å². The highest BCUT2D eigenvalue weighted by molar-refractivity contribution is 7.81. The van der Waals surface area contributed by atoms with E-state index >= 15 is 4.39 Å². The minimum Gasteiger partial charge on any atom is -0.477 e. The van der Waals surface area contributed by atoms with E-state index in [0.717, 1.165) is 38.9 Å². The molecule has 2 fully saturated rings. The second-order valence-corrected chi connectivity index (χ2v) is 20.7. The molecule has 2 aromatic carbocycles. The van der Waals surface area contributed by atoms with Crippen molar-refractivity contribution in [2.75, 3.05) is 49.4 Å². The third kappa shape index (κ3) is 13.8. The molecule has 2 atom stereocenters. The van der Waals surface area contributed by atoms with Gasteiger partial charge in [0.15, 0.2) is 10.9 Å². The van der Waals surface area contributed by atoms with Crippen LogP contribution < -0.4 is 25.2 Å². The normalized spacial score (nSPS) is 16.3. The average Bonchev–Trinajstić information content (AvgIpc) is 4.05. The van der Waals surface area contributed by atoms with Crippen LogP contribution in [0.1, 0.15) is 101 Å². The number of anilines is 2. The molecule has 2 N–H and O–H groups in total. The molecule has 0 bridgehead atoms. The summed E-state index contributed by atoms with van der Waals surface area (Å²) in [6, 6.07) is 9.58. The molecule has 404 valence electrons. The first-order chi connectivity index (χ1) is 35.3. The molecule has 0 spiro atoms. The molecule has 75 heavy (non-hydrogen) atoms. The van der Waals surface area contributed by atoms with Crippen molar-refractivity contribution in [2.24, 2.45) is 5.41 Å². The van der Waals surface area contributed by atoms with Gasteiger partial charge in [0.25, 0.3) is 5.91 Å². The van der Waals surface area contributed by atoms with E-state index in [4.69, 9.17) is 31.7 Å². The number of aromatic nitrogens is 2. The van der Waals surface area contributed by atoms with Crippen LogP contribution in [0.25, 0.3) is 10.4 Å². The number of pyridine rings is 1. The number of thiazole rings is 1. The molecule has 2 aliphatic rings. The van der Waals surface area contributed by atoms with Crippen LogP contribution in [0.15, 0.2) is 54.2 Å². The number of likely N-dealkylation sites (tertiary alicyclic amines) is 1. The highest BCUT2D eigenvalue weighted by Gasteiger charge is 2.53. The standard InChI is InChI=1S/C51H57F7N8O7S2/c1-30-41(75-29-62-30)32-15-13-31(14-16-32)26-60-43(68)37-12-10-19-64(37)45(69)42(48(2,3)4)63-38(67)28-72-22-11-21-71-20-8-7-9-23-73-44-35(50(53,54)55)24-34(27-61-44)66-47(74)65(46(70)49(66,5)6)36-18-17-33(25-59)39(40(36)52)51(56,57)58/h13-18,24,27,29,37,42H,7-12,19-23,26,28H2,1-6H3,(H,60,68)(H,63,67)/t37-,42+/m0/s1. The van der Waals surface area contributed by atoms with Gasteiger partial charge in [-0.2, -0.15) is 31.6 Å². The lowest BCUT2D eigenvalue weighted by Gasteiger charge is -2.35. The average molecular weight is 1090 g/mol. The van der Waals surface area contributed by atoms with Crippen molar-refractivity contribution in [2.45, 2.75) is 117 Å². The summed E-state index contributed by atoms with van der Waals surface area (Å²) in [5, 5.41) is 14.3. The molecule has 4 amide bonds. The predicted molar refractivity (Wildman–Crippen MR) is 268 cm³/mol. The first-order valence-corrected chi connectivity index (χ1v) is 25.3. The monoisotopic (exact) mass is 1090 g/mol. The Morgan fingerprint density at radius 1 is 0.947 bits per heavy atom. The van der Waals surface area contributed by atoms with Crippen molar-refractivity contribution in [1.82, 2.24) is 25.5 Å². The smallest absolute Gasteiger partial charge is 0.421 e. The number of ether oxygens (including phenoxy) is 3. The first kappa shape index (κ1) is 58.0. The van der Waals surface area contributed by atoms with Gasteiger partial charge in [-0.15, -0.1) is 11.3 Å². The van der Waals surface area contributed by atoms with Gasteiger partial charge in [0.05, 0.1) is 51.9 Å². The number of aryl methyl sites for hydroxylation is 1. The summed E-state index contributed by atoms with van der Waals surface area (Å²) in [5.41, 5.74) is -3.41. The Bertz CT molecular complexity index is 2780. The van der Waals surface area contributed by atoms with Crippen molar-refractivity contribution in [3.8, 4) is 22.4 Å². The number of amides is 4. The number of nitriles is 1. The van der Waals surface area contributed by atoms with Crippen LogP contribution in [0.3, 0.4) is 0 Å². The Hall–Kier alpha value is -6.29. The zero-order valence-electron chi connectivity index (χ0n) is 42.0. The van der Waals surface area contributed by atoms with Crippen molar-refractivity contribution in [3.05, 3.63) is 87.9 Å². The molecule has 0 unspecified atom stereocenters. The lowest BCUT2D eigenvalue weighted by Crippen LogP contribution is -2.58. The molecule has 2 saturated heterocycles. The maximum absolute atomic E-state index is 15.4. The number of nitrogens with one attached hydrogen (secondary N) is 2. The summed E-state index contributed by atoms with van der Waals surface area (Å²) in [6.45, 7) is 10.9. The van der Waals surface area contributed by atoms with Gasteiger partial charge in [0.2, 0.25) is 23.6 Å². The number of carbonyl (C=O) groups excluding carboxylic acids is 4. The lowest BCUT2D eigenvalue weighted by atomic mass is 9.85. The number of halogens is 7. The Balaban J connectivity index is 0.896. The molecular formula is C51H57F7N8O7S2. The third-order valence-electron chi connectivity index (χ3n) is 12.5. The van der Waals surface area contributed by atoms with Gasteiger partial charge in [-0.3, -0.25) is 24.1 Å². The van der Waals surface area contributed by atoms with Gasteiger partial charge in [-0.25, -0.2) is 14.4 Å². The summed E-state index contributed by atoms with van der Waals surface area (Å²) in [4.78, 5) is 66.0. The second-order valence-electron chi connectivity index (χ2n) is 19.5. The second kappa shape index (κ2) is 24.1. The number of hydrogen-bond acceptors (Lipinski definition) is 12. The van der Waals surface area contributed by atoms with Gasteiger partial charge in [-0.1, -0.05) is 45.0 Å². The summed E-state index contributed by atoms with van der Waals surface area (Å²) < 4.78 is 116. The Morgan fingerprint density at radius 3 is 2.27 bits per heavy atom. The Kier molecular flexibility index (Phi) is 18.7. The van der Waals surface area contributed by atoms with Crippen LogP contribution in [-0.4, -0.2) is 101 Å². The molecular weight excluding hydrogens is 1030 g/mol. The minimum atomic E-state index is -5.33. The fourth-order valence-electron chi connectivity index (χ4n) is 8.59. The fourth-order valence-corrected chi connectivity index (χ4v) is 9.92. The molecule has 4 aromatic rings. The van der Waals surface area contributed by atoms with Crippen LogP contribution in [0.4, 0.5) is 42.1 Å². The van der Waals surface area contributed by atoms with Crippen molar-refractivity contribution < 1.29 is 64.1 Å². The summed E-state index contributed by atoms with van der Waals surface area (Å²) in [5.74, 6) is -4.89.